The van der Waals surface area contributed by atoms with Crippen LogP contribution in [0.25, 0.3) is 0 Å². The summed E-state index contributed by atoms with van der Waals surface area (Å²) in [6, 6.07) is 9.69. The second-order valence-electron chi connectivity index (χ2n) is 6.22. The second kappa shape index (κ2) is 7.70. The molecule has 2 aromatic rings. The fourth-order valence-corrected chi connectivity index (χ4v) is 3.29. The number of Topliss-reactive ketones (excluding diaryl/α,β-unsaturated/α-hetero) is 1. The largest absolute Gasteiger partial charge is 0.454 e. The smallest absolute Gasteiger partial charge is 0.339 e. The number of esters is 1. The Balaban J connectivity index is 2.03. The van der Waals surface area contributed by atoms with Crippen LogP contribution in [0, 0.1) is 20.8 Å². The molecule has 0 aromatic heterocycles. The number of sulfonamides is 1. The van der Waals surface area contributed by atoms with E-state index in [0.29, 0.717) is 16.8 Å². The lowest BCUT2D eigenvalue weighted by atomic mass is 10.00. The molecule has 138 valence electrons. The van der Waals surface area contributed by atoms with E-state index in [1.54, 1.807) is 0 Å². The minimum atomic E-state index is -3.38. The first-order valence-electron chi connectivity index (χ1n) is 7.93. The summed E-state index contributed by atoms with van der Waals surface area (Å²) in [5.74, 6) is -0.907. The highest BCUT2D eigenvalue weighted by Gasteiger charge is 2.16. The Hall–Kier alpha value is -2.67. The molecular weight excluding hydrogens is 354 g/mol. The van der Waals surface area contributed by atoms with E-state index in [1.165, 1.54) is 24.3 Å². The molecule has 6 nitrogen and oxygen atoms in total. The van der Waals surface area contributed by atoms with E-state index in [1.807, 2.05) is 32.9 Å². The third kappa shape index (κ3) is 5.16. The highest BCUT2D eigenvalue weighted by Crippen LogP contribution is 2.18. The third-order valence-corrected chi connectivity index (χ3v) is 4.33. The van der Waals surface area contributed by atoms with E-state index >= 15 is 0 Å². The van der Waals surface area contributed by atoms with Gasteiger partial charge in [0.1, 0.15) is 0 Å². The molecule has 0 unspecified atom stereocenters. The molecule has 0 spiro atoms. The van der Waals surface area contributed by atoms with Crippen LogP contribution >= 0.6 is 0 Å². The molecule has 2 rings (SSSR count). The Morgan fingerprint density at radius 1 is 1.00 bits per heavy atom. The fourth-order valence-electron chi connectivity index (χ4n) is 2.73. The zero-order valence-electron chi connectivity index (χ0n) is 15.1. The first-order valence-corrected chi connectivity index (χ1v) is 9.82. The van der Waals surface area contributed by atoms with Gasteiger partial charge in [0, 0.05) is 11.3 Å². The van der Waals surface area contributed by atoms with Crippen molar-refractivity contribution < 1.29 is 22.7 Å². The standard InChI is InChI=1S/C19H21NO5S/c1-12-9-13(2)18(14(3)10-12)19(22)25-11-17(21)15-5-7-16(8-6-15)20-26(4,23)24/h5-10,20H,11H2,1-4H3. The van der Waals surface area contributed by atoms with Crippen LogP contribution < -0.4 is 4.72 Å². The number of ketones is 1. The van der Waals surface area contributed by atoms with Crippen molar-refractivity contribution in [2.45, 2.75) is 20.8 Å². The summed E-state index contributed by atoms with van der Waals surface area (Å²) >= 11 is 0. The molecule has 2 aromatic carbocycles. The molecule has 26 heavy (non-hydrogen) atoms. The number of aryl methyl sites for hydroxylation is 3. The highest BCUT2D eigenvalue weighted by atomic mass is 32.2. The van der Waals surface area contributed by atoms with Crippen molar-refractivity contribution in [3.05, 3.63) is 64.2 Å². The van der Waals surface area contributed by atoms with Crippen molar-refractivity contribution in [2.75, 3.05) is 17.6 Å². The molecule has 0 aliphatic heterocycles. The lowest BCUT2D eigenvalue weighted by Gasteiger charge is -2.11. The maximum absolute atomic E-state index is 12.3. The summed E-state index contributed by atoms with van der Waals surface area (Å²) in [5.41, 5.74) is 3.81. The maximum Gasteiger partial charge on any atom is 0.339 e. The number of hydrogen-bond acceptors (Lipinski definition) is 5. The maximum atomic E-state index is 12.3. The summed E-state index contributed by atoms with van der Waals surface area (Å²) in [6.07, 6.45) is 1.04. The van der Waals surface area contributed by atoms with Gasteiger partial charge >= 0.3 is 5.97 Å². The van der Waals surface area contributed by atoms with Crippen LogP contribution in [0.5, 0.6) is 0 Å². The average molecular weight is 375 g/mol. The number of ether oxygens (including phenoxy) is 1. The van der Waals surface area contributed by atoms with Crippen LogP contribution in [0.2, 0.25) is 0 Å². The minimum Gasteiger partial charge on any atom is -0.454 e. The number of benzene rings is 2. The highest BCUT2D eigenvalue weighted by molar-refractivity contribution is 7.92. The van der Waals surface area contributed by atoms with Gasteiger partial charge in [-0.25, -0.2) is 13.2 Å². The van der Waals surface area contributed by atoms with Crippen LogP contribution in [-0.2, 0) is 14.8 Å². The first-order chi connectivity index (χ1) is 12.1. The quantitative estimate of drug-likeness (QED) is 0.619. The Morgan fingerprint density at radius 2 is 1.54 bits per heavy atom. The molecule has 0 saturated heterocycles. The number of hydrogen-bond donors (Lipinski definition) is 1. The SMILES string of the molecule is Cc1cc(C)c(C(=O)OCC(=O)c2ccc(NS(C)(=O)=O)cc2)c(C)c1. The van der Waals surface area contributed by atoms with Gasteiger partial charge in [-0.15, -0.1) is 0 Å². The molecule has 7 heteroatoms. The van der Waals surface area contributed by atoms with Crippen molar-refractivity contribution >= 4 is 27.5 Å². The minimum absolute atomic E-state index is 0.328. The van der Waals surface area contributed by atoms with Gasteiger partial charge in [0.2, 0.25) is 10.0 Å². The van der Waals surface area contributed by atoms with Gasteiger partial charge in [-0.2, -0.15) is 0 Å². The monoisotopic (exact) mass is 375 g/mol. The van der Waals surface area contributed by atoms with Gasteiger partial charge in [0.05, 0.1) is 11.8 Å². The average Bonchev–Trinajstić information content (AvgIpc) is 2.50. The number of carbonyl (C=O) groups excluding carboxylic acids is 2. The van der Waals surface area contributed by atoms with Crippen LogP contribution in [0.3, 0.4) is 0 Å². The third-order valence-electron chi connectivity index (χ3n) is 3.73. The Morgan fingerprint density at radius 3 is 2.04 bits per heavy atom. The van der Waals surface area contributed by atoms with Crippen molar-refractivity contribution in [3.63, 3.8) is 0 Å². The van der Waals surface area contributed by atoms with Gasteiger partial charge in [-0.05, 0) is 56.2 Å². The molecule has 0 fully saturated rings. The zero-order valence-corrected chi connectivity index (χ0v) is 15.9. The van der Waals surface area contributed by atoms with Crippen molar-refractivity contribution in [2.24, 2.45) is 0 Å². The van der Waals surface area contributed by atoms with E-state index in [-0.39, 0.29) is 12.4 Å². The predicted octanol–water partition coefficient (Wildman–Crippen LogP) is 3.02. The van der Waals surface area contributed by atoms with Crippen molar-refractivity contribution in [3.8, 4) is 0 Å². The molecule has 0 amide bonds. The van der Waals surface area contributed by atoms with Gasteiger partial charge in [0.25, 0.3) is 0 Å². The van der Waals surface area contributed by atoms with Gasteiger partial charge in [-0.1, -0.05) is 17.7 Å². The summed E-state index contributed by atoms with van der Waals surface area (Å²) in [7, 11) is -3.38. The number of carbonyl (C=O) groups is 2. The first kappa shape index (κ1) is 19.7. The molecule has 0 aliphatic carbocycles. The Bertz CT molecular complexity index is 923. The van der Waals surface area contributed by atoms with Crippen LogP contribution in [0.1, 0.15) is 37.4 Å². The van der Waals surface area contributed by atoms with E-state index < -0.39 is 16.0 Å². The lowest BCUT2D eigenvalue weighted by Crippen LogP contribution is -2.16. The predicted molar refractivity (Wildman–Crippen MR) is 100 cm³/mol. The second-order valence-corrected chi connectivity index (χ2v) is 7.97. The van der Waals surface area contributed by atoms with Gasteiger partial charge in [-0.3, -0.25) is 9.52 Å². The van der Waals surface area contributed by atoms with Crippen molar-refractivity contribution in [1.82, 2.24) is 0 Å². The van der Waals surface area contributed by atoms with Crippen LogP contribution in [0.15, 0.2) is 36.4 Å². The molecule has 0 bridgehead atoms. The van der Waals surface area contributed by atoms with E-state index in [0.717, 1.165) is 22.9 Å². The number of rotatable bonds is 6. The molecular formula is C19H21NO5S. The van der Waals surface area contributed by atoms with Crippen LogP contribution in [-0.4, -0.2) is 33.0 Å². The summed E-state index contributed by atoms with van der Waals surface area (Å²) in [4.78, 5) is 24.5. The molecule has 0 atom stereocenters. The molecule has 0 aliphatic rings. The molecule has 0 radical (unpaired) electrons. The van der Waals surface area contributed by atoms with Gasteiger partial charge < -0.3 is 4.74 Å². The summed E-state index contributed by atoms with van der Waals surface area (Å²) < 4.78 is 29.8. The Labute approximate surface area is 153 Å². The molecule has 1 N–H and O–H groups in total. The molecule has 0 saturated carbocycles. The fraction of sp³-hybridized carbons (Fsp3) is 0.263. The Kier molecular flexibility index (Phi) is 5.82. The van der Waals surface area contributed by atoms with Crippen LogP contribution in [0.4, 0.5) is 5.69 Å². The lowest BCUT2D eigenvalue weighted by molar-refractivity contribution is 0.0473. The van der Waals surface area contributed by atoms with E-state index in [4.69, 9.17) is 4.74 Å². The molecule has 0 heterocycles. The topological polar surface area (TPSA) is 89.5 Å². The van der Waals surface area contributed by atoms with Crippen molar-refractivity contribution in [1.29, 1.82) is 0 Å². The number of anilines is 1. The number of nitrogens with one attached hydrogen (secondary N) is 1. The summed E-state index contributed by atoms with van der Waals surface area (Å²) in [5, 5.41) is 0. The van der Waals surface area contributed by atoms with E-state index in [9.17, 15) is 18.0 Å². The normalized spacial score (nSPS) is 11.1. The van der Waals surface area contributed by atoms with Gasteiger partial charge in [0.15, 0.2) is 12.4 Å². The summed E-state index contributed by atoms with van der Waals surface area (Å²) in [6.45, 7) is 5.21. The zero-order chi connectivity index (χ0) is 19.5. The van der Waals surface area contributed by atoms with E-state index in [2.05, 4.69) is 4.72 Å².